The van der Waals surface area contributed by atoms with Crippen molar-refractivity contribution in [3.05, 3.63) is 35.4 Å². The fraction of sp³-hybridized carbons (Fsp3) is 0.600. The van der Waals surface area contributed by atoms with Gasteiger partial charge in [-0.05, 0) is 37.8 Å². The summed E-state index contributed by atoms with van der Waals surface area (Å²) in [6.07, 6.45) is 1.96. The van der Waals surface area contributed by atoms with Crippen LogP contribution < -0.4 is 11.3 Å². The number of benzene rings is 1. The van der Waals surface area contributed by atoms with Gasteiger partial charge in [0, 0.05) is 6.61 Å². The van der Waals surface area contributed by atoms with Crippen molar-refractivity contribution in [1.82, 2.24) is 5.43 Å². The van der Waals surface area contributed by atoms with Crippen LogP contribution >= 0.6 is 0 Å². The third-order valence-corrected chi connectivity index (χ3v) is 3.67. The second-order valence-electron chi connectivity index (χ2n) is 4.79. The van der Waals surface area contributed by atoms with E-state index in [-0.39, 0.29) is 11.6 Å². The summed E-state index contributed by atoms with van der Waals surface area (Å²) in [7, 11) is 0. The summed E-state index contributed by atoms with van der Waals surface area (Å²) in [4.78, 5) is 0. The second kappa shape index (κ2) is 6.88. The number of hydrazine groups is 1. The SMILES string of the molecule is CCOC(C)(CC)C(NN)c1ccc(CC)cc1. The zero-order chi connectivity index (χ0) is 13.6. The van der Waals surface area contributed by atoms with Crippen molar-refractivity contribution in [3.8, 4) is 0 Å². The lowest BCUT2D eigenvalue weighted by Gasteiger charge is -2.36. The molecule has 0 heterocycles. The first kappa shape index (κ1) is 15.2. The van der Waals surface area contributed by atoms with Gasteiger partial charge in [0.05, 0.1) is 11.6 Å². The molecule has 0 aliphatic carbocycles. The molecule has 0 fully saturated rings. The minimum atomic E-state index is -0.281. The van der Waals surface area contributed by atoms with E-state index < -0.39 is 0 Å². The number of hydrogen-bond acceptors (Lipinski definition) is 3. The third kappa shape index (κ3) is 3.31. The smallest absolute Gasteiger partial charge is 0.0858 e. The maximum Gasteiger partial charge on any atom is 0.0858 e. The molecule has 0 aromatic heterocycles. The summed E-state index contributed by atoms with van der Waals surface area (Å²) in [5.74, 6) is 5.74. The molecular formula is C15H26N2O. The van der Waals surface area contributed by atoms with Gasteiger partial charge in [0.1, 0.15) is 0 Å². The van der Waals surface area contributed by atoms with Crippen LogP contribution in [0.4, 0.5) is 0 Å². The minimum absolute atomic E-state index is 0.00774. The van der Waals surface area contributed by atoms with E-state index in [0.717, 1.165) is 12.8 Å². The predicted molar refractivity (Wildman–Crippen MR) is 76.2 cm³/mol. The molecule has 0 saturated heterocycles. The molecule has 2 atom stereocenters. The average molecular weight is 250 g/mol. The van der Waals surface area contributed by atoms with E-state index in [1.54, 1.807) is 0 Å². The van der Waals surface area contributed by atoms with Crippen molar-refractivity contribution in [2.24, 2.45) is 5.84 Å². The number of ether oxygens (including phenoxy) is 1. The van der Waals surface area contributed by atoms with Crippen molar-refractivity contribution in [2.45, 2.75) is 52.2 Å². The highest BCUT2D eigenvalue weighted by Crippen LogP contribution is 2.31. The average Bonchev–Trinajstić information content (AvgIpc) is 2.40. The Morgan fingerprint density at radius 3 is 2.22 bits per heavy atom. The Kier molecular flexibility index (Phi) is 5.79. The molecule has 1 aromatic rings. The number of nitrogens with two attached hydrogens (primary N) is 1. The summed E-state index contributed by atoms with van der Waals surface area (Å²) in [6, 6.07) is 8.59. The largest absolute Gasteiger partial charge is 0.374 e. The maximum atomic E-state index is 5.90. The maximum absolute atomic E-state index is 5.90. The lowest BCUT2D eigenvalue weighted by molar-refractivity contribution is -0.0564. The van der Waals surface area contributed by atoms with Crippen LogP contribution in [0, 0.1) is 0 Å². The normalized spacial score (nSPS) is 16.3. The summed E-state index contributed by atoms with van der Waals surface area (Å²) in [5, 5.41) is 0. The molecule has 18 heavy (non-hydrogen) atoms. The van der Waals surface area contributed by atoms with E-state index >= 15 is 0 Å². The van der Waals surface area contributed by atoms with Crippen LogP contribution in [0.2, 0.25) is 0 Å². The van der Waals surface area contributed by atoms with Crippen LogP contribution in [0.3, 0.4) is 0 Å². The minimum Gasteiger partial charge on any atom is -0.374 e. The summed E-state index contributed by atoms with van der Waals surface area (Å²) >= 11 is 0. The van der Waals surface area contributed by atoms with Gasteiger partial charge in [0.2, 0.25) is 0 Å². The quantitative estimate of drug-likeness (QED) is 0.578. The number of aryl methyl sites for hydroxylation is 1. The van der Waals surface area contributed by atoms with Gasteiger partial charge >= 0.3 is 0 Å². The van der Waals surface area contributed by atoms with Gasteiger partial charge in [-0.15, -0.1) is 0 Å². The van der Waals surface area contributed by atoms with Crippen molar-refractivity contribution < 1.29 is 4.74 Å². The van der Waals surface area contributed by atoms with Crippen molar-refractivity contribution in [2.75, 3.05) is 6.61 Å². The van der Waals surface area contributed by atoms with Gasteiger partial charge in [-0.2, -0.15) is 0 Å². The van der Waals surface area contributed by atoms with Gasteiger partial charge in [0.15, 0.2) is 0 Å². The molecule has 0 spiro atoms. The molecule has 3 N–H and O–H groups in total. The molecule has 0 aliphatic heterocycles. The molecule has 0 aliphatic rings. The first-order valence-corrected chi connectivity index (χ1v) is 6.80. The number of hydrogen-bond donors (Lipinski definition) is 2. The Morgan fingerprint density at radius 1 is 1.22 bits per heavy atom. The molecule has 3 heteroatoms. The summed E-state index contributed by atoms with van der Waals surface area (Å²) in [6.45, 7) is 9.09. The lowest BCUT2D eigenvalue weighted by atomic mass is 9.87. The Bertz CT molecular complexity index is 350. The molecule has 0 amide bonds. The van der Waals surface area contributed by atoms with Gasteiger partial charge in [-0.25, -0.2) is 0 Å². The fourth-order valence-corrected chi connectivity index (χ4v) is 2.29. The second-order valence-corrected chi connectivity index (χ2v) is 4.79. The monoisotopic (exact) mass is 250 g/mol. The highest BCUT2D eigenvalue weighted by atomic mass is 16.5. The molecule has 1 aromatic carbocycles. The van der Waals surface area contributed by atoms with Crippen molar-refractivity contribution >= 4 is 0 Å². The van der Waals surface area contributed by atoms with Crippen LogP contribution in [0.1, 0.15) is 51.3 Å². The van der Waals surface area contributed by atoms with Gasteiger partial charge < -0.3 is 4.74 Å². The van der Waals surface area contributed by atoms with Crippen LogP contribution in [-0.2, 0) is 11.2 Å². The van der Waals surface area contributed by atoms with Crippen LogP contribution in [0.5, 0.6) is 0 Å². The van der Waals surface area contributed by atoms with Gasteiger partial charge in [-0.3, -0.25) is 11.3 Å². The van der Waals surface area contributed by atoms with E-state index in [1.165, 1.54) is 11.1 Å². The zero-order valence-electron chi connectivity index (χ0n) is 12.0. The molecule has 2 unspecified atom stereocenters. The topological polar surface area (TPSA) is 47.3 Å². The molecule has 0 radical (unpaired) electrons. The lowest BCUT2D eigenvalue weighted by Crippen LogP contribution is -2.46. The fourth-order valence-electron chi connectivity index (χ4n) is 2.29. The Balaban J connectivity index is 2.99. The molecule has 1 rings (SSSR count). The van der Waals surface area contributed by atoms with Crippen LogP contribution in [0.15, 0.2) is 24.3 Å². The molecule has 102 valence electrons. The molecule has 0 saturated carbocycles. The number of nitrogens with one attached hydrogen (secondary N) is 1. The molecule has 0 bridgehead atoms. The summed E-state index contributed by atoms with van der Waals surface area (Å²) < 4.78 is 5.90. The molecule has 3 nitrogen and oxygen atoms in total. The van der Waals surface area contributed by atoms with E-state index in [0.29, 0.717) is 6.61 Å². The van der Waals surface area contributed by atoms with Gasteiger partial charge in [-0.1, -0.05) is 38.1 Å². The van der Waals surface area contributed by atoms with E-state index in [4.69, 9.17) is 10.6 Å². The van der Waals surface area contributed by atoms with Crippen molar-refractivity contribution in [1.29, 1.82) is 0 Å². The van der Waals surface area contributed by atoms with E-state index in [2.05, 4.69) is 50.5 Å². The first-order chi connectivity index (χ1) is 8.61. The van der Waals surface area contributed by atoms with Gasteiger partial charge in [0.25, 0.3) is 0 Å². The highest BCUT2D eigenvalue weighted by Gasteiger charge is 2.33. The Labute approximate surface area is 111 Å². The third-order valence-electron chi connectivity index (χ3n) is 3.67. The molecular weight excluding hydrogens is 224 g/mol. The summed E-state index contributed by atoms with van der Waals surface area (Å²) in [5.41, 5.74) is 5.14. The van der Waals surface area contributed by atoms with Crippen molar-refractivity contribution in [3.63, 3.8) is 0 Å². The first-order valence-electron chi connectivity index (χ1n) is 6.80. The highest BCUT2D eigenvalue weighted by molar-refractivity contribution is 5.27. The zero-order valence-corrected chi connectivity index (χ0v) is 12.0. The standard InChI is InChI=1S/C15H26N2O/c1-5-12-8-10-13(11-9-12)14(17-16)15(4,6-2)18-7-3/h8-11,14,17H,5-7,16H2,1-4H3. The van der Waals surface area contributed by atoms with Crippen LogP contribution in [-0.4, -0.2) is 12.2 Å². The van der Waals surface area contributed by atoms with Crippen LogP contribution in [0.25, 0.3) is 0 Å². The number of rotatable bonds is 7. The predicted octanol–water partition coefficient (Wildman–Crippen LogP) is 2.96. The Morgan fingerprint density at radius 2 is 1.83 bits per heavy atom. The van der Waals surface area contributed by atoms with E-state index in [9.17, 15) is 0 Å². The van der Waals surface area contributed by atoms with E-state index in [1.807, 2.05) is 6.92 Å². The Hall–Kier alpha value is -0.900.